The number of carboxylic acid groups (broad SMARTS) is 1. The first-order valence-corrected chi connectivity index (χ1v) is 3.43. The molecule has 1 fully saturated rings. The van der Waals surface area contributed by atoms with Crippen molar-refractivity contribution in [2.45, 2.75) is 13.0 Å². The lowest BCUT2D eigenvalue weighted by Gasteiger charge is -2.08. The van der Waals surface area contributed by atoms with Crippen LogP contribution >= 0.6 is 0 Å². The van der Waals surface area contributed by atoms with E-state index in [0.29, 0.717) is 6.54 Å². The van der Waals surface area contributed by atoms with Crippen molar-refractivity contribution < 1.29 is 14.7 Å². The summed E-state index contributed by atoms with van der Waals surface area (Å²) < 4.78 is 0. The quantitative estimate of drug-likeness (QED) is 0.568. The van der Waals surface area contributed by atoms with E-state index < -0.39 is 12.0 Å². The van der Waals surface area contributed by atoms with E-state index in [-0.39, 0.29) is 12.6 Å². The fourth-order valence-electron chi connectivity index (χ4n) is 1.00. The van der Waals surface area contributed by atoms with Crippen LogP contribution in [0.25, 0.3) is 0 Å². The number of amides is 2. The Morgan fingerprint density at radius 1 is 1.91 bits per heavy atom. The molecule has 0 spiro atoms. The van der Waals surface area contributed by atoms with E-state index in [4.69, 9.17) is 5.11 Å². The van der Waals surface area contributed by atoms with Crippen LogP contribution < -0.4 is 5.32 Å². The monoisotopic (exact) mass is 158 g/mol. The van der Waals surface area contributed by atoms with Crippen molar-refractivity contribution in [3.63, 3.8) is 0 Å². The fourth-order valence-corrected chi connectivity index (χ4v) is 1.00. The van der Waals surface area contributed by atoms with E-state index >= 15 is 0 Å². The molecule has 0 bridgehead atoms. The average molecular weight is 158 g/mol. The Labute approximate surface area is 64.0 Å². The number of rotatable bonds is 2. The topological polar surface area (TPSA) is 69.6 Å². The van der Waals surface area contributed by atoms with Crippen molar-refractivity contribution in [1.82, 2.24) is 10.2 Å². The Bertz CT molecular complexity index is 192. The molecule has 62 valence electrons. The minimum Gasteiger partial charge on any atom is -0.480 e. The number of carboxylic acids is 1. The van der Waals surface area contributed by atoms with Crippen molar-refractivity contribution in [3.8, 4) is 0 Å². The van der Waals surface area contributed by atoms with Gasteiger partial charge in [0.25, 0.3) is 0 Å². The maximum atomic E-state index is 10.9. The van der Waals surface area contributed by atoms with Gasteiger partial charge in [0.15, 0.2) is 0 Å². The third kappa shape index (κ3) is 1.42. The minimum absolute atomic E-state index is 0.269. The molecule has 5 nitrogen and oxygen atoms in total. The molecular formula is C6H10N2O3. The zero-order valence-corrected chi connectivity index (χ0v) is 6.20. The maximum Gasteiger partial charge on any atom is 0.328 e. The summed E-state index contributed by atoms with van der Waals surface area (Å²) in [5.74, 6) is -0.977. The highest BCUT2D eigenvalue weighted by Crippen LogP contribution is 2.02. The molecule has 11 heavy (non-hydrogen) atoms. The van der Waals surface area contributed by atoms with Gasteiger partial charge in [-0.2, -0.15) is 0 Å². The van der Waals surface area contributed by atoms with Gasteiger partial charge in [0.2, 0.25) is 0 Å². The molecule has 2 amide bonds. The summed E-state index contributed by atoms with van der Waals surface area (Å²) in [5, 5.41) is 10.8. The van der Waals surface area contributed by atoms with Gasteiger partial charge in [0.05, 0.1) is 6.54 Å². The molecule has 1 aliphatic rings. The predicted octanol–water partition coefficient (Wildman–Crippen LogP) is -0.515. The third-order valence-electron chi connectivity index (χ3n) is 1.67. The van der Waals surface area contributed by atoms with Crippen LogP contribution in [0.3, 0.4) is 0 Å². The largest absolute Gasteiger partial charge is 0.480 e. The van der Waals surface area contributed by atoms with Gasteiger partial charge in [-0.15, -0.1) is 0 Å². The van der Waals surface area contributed by atoms with E-state index in [1.54, 1.807) is 0 Å². The van der Waals surface area contributed by atoms with Crippen molar-refractivity contribution in [1.29, 1.82) is 0 Å². The molecule has 0 aromatic carbocycles. The lowest BCUT2D eigenvalue weighted by molar-refractivity contribution is -0.138. The Balaban J connectivity index is 2.56. The highest BCUT2D eigenvalue weighted by atomic mass is 16.4. The molecule has 5 heteroatoms. The van der Waals surface area contributed by atoms with Crippen molar-refractivity contribution in [2.24, 2.45) is 0 Å². The summed E-state index contributed by atoms with van der Waals surface area (Å²) in [6.07, 6.45) is 0. The molecule has 0 aliphatic carbocycles. The second-order valence-corrected chi connectivity index (χ2v) is 2.38. The molecular weight excluding hydrogens is 148 g/mol. The first-order valence-electron chi connectivity index (χ1n) is 3.43. The van der Waals surface area contributed by atoms with Crippen molar-refractivity contribution in [2.75, 3.05) is 13.1 Å². The van der Waals surface area contributed by atoms with Gasteiger partial charge in [-0.1, -0.05) is 0 Å². The summed E-state index contributed by atoms with van der Waals surface area (Å²) in [5.41, 5.74) is 0. The Hall–Kier alpha value is -1.26. The maximum absolute atomic E-state index is 10.9. The number of hydrogen-bond donors (Lipinski definition) is 2. The highest BCUT2D eigenvalue weighted by molar-refractivity contribution is 5.86. The average Bonchev–Trinajstić information content (AvgIpc) is 2.31. The number of nitrogens with zero attached hydrogens (tertiary/aromatic N) is 1. The number of carbonyl (C=O) groups is 2. The van der Waals surface area contributed by atoms with Crippen molar-refractivity contribution in [3.05, 3.63) is 0 Å². The number of aliphatic carboxylic acids is 1. The molecule has 1 aliphatic heterocycles. The Morgan fingerprint density at radius 3 is 2.82 bits per heavy atom. The van der Waals surface area contributed by atoms with E-state index in [9.17, 15) is 9.59 Å². The van der Waals surface area contributed by atoms with Crippen LogP contribution in [0.15, 0.2) is 0 Å². The molecule has 0 aromatic heterocycles. The fraction of sp³-hybridized carbons (Fsp3) is 0.667. The van der Waals surface area contributed by atoms with Crippen LogP contribution in [-0.2, 0) is 4.79 Å². The Morgan fingerprint density at radius 2 is 2.55 bits per heavy atom. The number of carbonyl (C=O) groups excluding carboxylic acids is 1. The lowest BCUT2D eigenvalue weighted by Crippen LogP contribution is -2.33. The number of nitrogens with one attached hydrogen (secondary N) is 1. The zero-order valence-electron chi connectivity index (χ0n) is 6.20. The summed E-state index contributed by atoms with van der Waals surface area (Å²) in [4.78, 5) is 22.7. The van der Waals surface area contributed by atoms with E-state index in [1.807, 2.05) is 6.92 Å². The summed E-state index contributed by atoms with van der Waals surface area (Å²) in [7, 11) is 0. The lowest BCUT2D eigenvalue weighted by atomic mass is 10.3. The van der Waals surface area contributed by atoms with E-state index in [1.165, 1.54) is 4.90 Å². The second-order valence-electron chi connectivity index (χ2n) is 2.38. The van der Waals surface area contributed by atoms with Crippen LogP contribution in [0.5, 0.6) is 0 Å². The standard InChI is InChI=1S/C6H10N2O3/c1-2-8-3-4(5(9)10)7-6(8)11/h4H,2-3H2,1H3,(H,7,11)(H,9,10). The van der Waals surface area contributed by atoms with Gasteiger partial charge in [-0.05, 0) is 6.92 Å². The van der Waals surface area contributed by atoms with Crippen LogP contribution in [-0.4, -0.2) is 41.1 Å². The molecule has 1 atom stereocenters. The molecule has 1 saturated heterocycles. The first-order chi connectivity index (χ1) is 5.15. The first kappa shape index (κ1) is 7.84. The number of urea groups is 1. The summed E-state index contributed by atoms with van der Waals surface area (Å²) in [6, 6.07) is -1.03. The van der Waals surface area contributed by atoms with Crippen LogP contribution in [0.1, 0.15) is 6.92 Å². The number of likely N-dealkylation sites (N-methyl/N-ethyl adjacent to an activating group) is 1. The van der Waals surface area contributed by atoms with Crippen LogP contribution in [0.4, 0.5) is 4.79 Å². The van der Waals surface area contributed by atoms with Crippen LogP contribution in [0, 0.1) is 0 Å². The van der Waals surface area contributed by atoms with E-state index in [0.717, 1.165) is 0 Å². The molecule has 0 aromatic rings. The van der Waals surface area contributed by atoms with Gasteiger partial charge in [-0.25, -0.2) is 9.59 Å². The normalized spacial score (nSPS) is 23.5. The van der Waals surface area contributed by atoms with Gasteiger partial charge in [0, 0.05) is 6.54 Å². The summed E-state index contributed by atoms with van der Waals surface area (Å²) in [6.45, 7) is 2.63. The van der Waals surface area contributed by atoms with Gasteiger partial charge in [-0.3, -0.25) is 0 Å². The summed E-state index contributed by atoms with van der Waals surface area (Å²) >= 11 is 0. The van der Waals surface area contributed by atoms with Crippen LogP contribution in [0.2, 0.25) is 0 Å². The van der Waals surface area contributed by atoms with Gasteiger partial charge in [0.1, 0.15) is 6.04 Å². The zero-order chi connectivity index (χ0) is 8.43. The van der Waals surface area contributed by atoms with Crippen molar-refractivity contribution >= 4 is 12.0 Å². The molecule has 0 radical (unpaired) electrons. The third-order valence-corrected chi connectivity index (χ3v) is 1.67. The molecule has 1 rings (SSSR count). The number of hydrogen-bond acceptors (Lipinski definition) is 2. The van der Waals surface area contributed by atoms with Gasteiger partial charge < -0.3 is 15.3 Å². The van der Waals surface area contributed by atoms with Gasteiger partial charge >= 0.3 is 12.0 Å². The molecule has 0 saturated carbocycles. The van der Waals surface area contributed by atoms with E-state index in [2.05, 4.69) is 5.32 Å². The molecule has 2 N–H and O–H groups in total. The predicted molar refractivity (Wildman–Crippen MR) is 37.2 cm³/mol. The minimum atomic E-state index is -0.977. The highest BCUT2D eigenvalue weighted by Gasteiger charge is 2.31. The smallest absolute Gasteiger partial charge is 0.328 e. The second kappa shape index (κ2) is 2.77. The SMILES string of the molecule is CCN1CC(C(=O)O)NC1=O. The molecule has 1 heterocycles. The molecule has 1 unspecified atom stereocenters. The Kier molecular flexibility index (Phi) is 1.98.